The number of nitrogens with zero attached hydrogens (tertiary/aromatic N) is 1. The third-order valence-electron chi connectivity index (χ3n) is 2.86. The third kappa shape index (κ3) is 3.23. The van der Waals surface area contributed by atoms with Gasteiger partial charge in [-0.2, -0.15) is 0 Å². The monoisotopic (exact) mass is 251 g/mol. The summed E-state index contributed by atoms with van der Waals surface area (Å²) < 4.78 is 10.4. The van der Waals surface area contributed by atoms with Crippen molar-refractivity contribution in [3.8, 4) is 5.75 Å². The highest BCUT2D eigenvalue weighted by atomic mass is 16.5. The minimum atomic E-state index is 0.0123. The molecule has 0 heterocycles. The van der Waals surface area contributed by atoms with E-state index in [0.29, 0.717) is 17.9 Å². The average molecular weight is 251 g/mol. The molecule has 0 aliphatic rings. The fraction of sp³-hybridized carbons (Fsp3) is 0.500. The standard InChI is InChI=1S/C14H21NO3/c1-5-15(9-10-17-3)12-7-6-8-13(18-4)14(12)11(2)16/h6-8H,5,9-10H2,1-4H3. The molecule has 100 valence electrons. The van der Waals surface area contributed by atoms with Crippen LogP contribution in [0.4, 0.5) is 5.69 Å². The van der Waals surface area contributed by atoms with Gasteiger partial charge < -0.3 is 14.4 Å². The number of rotatable bonds is 7. The first kappa shape index (κ1) is 14.5. The lowest BCUT2D eigenvalue weighted by atomic mass is 10.1. The van der Waals surface area contributed by atoms with Gasteiger partial charge in [-0.25, -0.2) is 0 Å². The minimum absolute atomic E-state index is 0.0123. The molecule has 1 rings (SSSR count). The van der Waals surface area contributed by atoms with Crippen molar-refractivity contribution in [1.82, 2.24) is 0 Å². The zero-order chi connectivity index (χ0) is 13.5. The molecule has 0 radical (unpaired) electrons. The second-order valence-electron chi connectivity index (χ2n) is 3.98. The molecule has 0 saturated carbocycles. The van der Waals surface area contributed by atoms with E-state index in [1.165, 1.54) is 0 Å². The maximum absolute atomic E-state index is 11.8. The van der Waals surface area contributed by atoms with Gasteiger partial charge in [0, 0.05) is 20.2 Å². The van der Waals surface area contributed by atoms with Crippen molar-refractivity contribution in [2.45, 2.75) is 13.8 Å². The van der Waals surface area contributed by atoms with Gasteiger partial charge in [0.2, 0.25) is 0 Å². The van der Waals surface area contributed by atoms with Gasteiger partial charge in [0.1, 0.15) is 5.75 Å². The van der Waals surface area contributed by atoms with Crippen LogP contribution < -0.4 is 9.64 Å². The molecule has 0 atom stereocenters. The topological polar surface area (TPSA) is 38.8 Å². The lowest BCUT2D eigenvalue weighted by Crippen LogP contribution is -2.28. The predicted molar refractivity (Wildman–Crippen MR) is 72.8 cm³/mol. The van der Waals surface area contributed by atoms with E-state index in [0.717, 1.165) is 18.8 Å². The summed E-state index contributed by atoms with van der Waals surface area (Å²) in [5.74, 6) is 0.634. The predicted octanol–water partition coefficient (Wildman–Crippen LogP) is 2.37. The van der Waals surface area contributed by atoms with Gasteiger partial charge in [-0.3, -0.25) is 4.79 Å². The molecule has 0 saturated heterocycles. The number of anilines is 1. The number of benzene rings is 1. The maximum Gasteiger partial charge on any atom is 0.165 e. The quantitative estimate of drug-likeness (QED) is 0.697. The number of hydrogen-bond donors (Lipinski definition) is 0. The fourth-order valence-electron chi connectivity index (χ4n) is 1.96. The molecule has 0 bridgehead atoms. The lowest BCUT2D eigenvalue weighted by molar-refractivity contribution is 0.101. The van der Waals surface area contributed by atoms with Crippen molar-refractivity contribution in [3.63, 3.8) is 0 Å². The van der Waals surface area contributed by atoms with Crippen LogP contribution in [0.2, 0.25) is 0 Å². The van der Waals surface area contributed by atoms with E-state index in [-0.39, 0.29) is 5.78 Å². The molecule has 18 heavy (non-hydrogen) atoms. The largest absolute Gasteiger partial charge is 0.496 e. The number of Topliss-reactive ketones (excluding diaryl/α,β-unsaturated/α-hetero) is 1. The molecule has 4 heteroatoms. The van der Waals surface area contributed by atoms with E-state index < -0.39 is 0 Å². The molecule has 0 aromatic heterocycles. The van der Waals surface area contributed by atoms with Crippen LogP contribution in [0, 0.1) is 0 Å². The molecule has 1 aromatic carbocycles. The summed E-state index contributed by atoms with van der Waals surface area (Å²) in [7, 11) is 3.25. The van der Waals surface area contributed by atoms with Gasteiger partial charge in [0.15, 0.2) is 5.78 Å². The lowest BCUT2D eigenvalue weighted by Gasteiger charge is -2.25. The van der Waals surface area contributed by atoms with Crippen LogP contribution in [0.5, 0.6) is 5.75 Å². The van der Waals surface area contributed by atoms with Crippen molar-refractivity contribution in [1.29, 1.82) is 0 Å². The maximum atomic E-state index is 11.8. The van der Waals surface area contributed by atoms with Crippen molar-refractivity contribution >= 4 is 11.5 Å². The van der Waals surface area contributed by atoms with Crippen LogP contribution in [0.3, 0.4) is 0 Å². The minimum Gasteiger partial charge on any atom is -0.496 e. The van der Waals surface area contributed by atoms with E-state index in [1.54, 1.807) is 21.1 Å². The van der Waals surface area contributed by atoms with Crippen LogP contribution in [-0.2, 0) is 4.74 Å². The third-order valence-corrected chi connectivity index (χ3v) is 2.86. The van der Waals surface area contributed by atoms with Gasteiger partial charge in [0.05, 0.1) is 25.0 Å². The molecule has 0 aliphatic carbocycles. The second kappa shape index (κ2) is 7.01. The van der Waals surface area contributed by atoms with Crippen molar-refractivity contribution in [3.05, 3.63) is 23.8 Å². The van der Waals surface area contributed by atoms with Crippen LogP contribution in [-0.4, -0.2) is 39.7 Å². The highest BCUT2D eigenvalue weighted by Crippen LogP contribution is 2.29. The van der Waals surface area contributed by atoms with E-state index in [2.05, 4.69) is 11.8 Å². The zero-order valence-electron chi connectivity index (χ0n) is 11.5. The van der Waals surface area contributed by atoms with E-state index >= 15 is 0 Å². The summed E-state index contributed by atoms with van der Waals surface area (Å²) in [6, 6.07) is 5.65. The van der Waals surface area contributed by atoms with Gasteiger partial charge in [-0.05, 0) is 26.0 Å². The summed E-state index contributed by atoms with van der Waals surface area (Å²) in [5, 5.41) is 0. The van der Waals surface area contributed by atoms with Crippen molar-refractivity contribution < 1.29 is 14.3 Å². The summed E-state index contributed by atoms with van der Waals surface area (Å²) in [6.45, 7) is 5.81. The Balaban J connectivity index is 3.16. The Kier molecular flexibility index (Phi) is 5.65. The number of carbonyl (C=O) groups excluding carboxylic acids is 1. The number of ether oxygens (including phenoxy) is 2. The summed E-state index contributed by atoms with van der Waals surface area (Å²) in [5.41, 5.74) is 1.54. The molecule has 0 unspecified atom stereocenters. The molecule has 0 N–H and O–H groups in total. The Bertz CT molecular complexity index is 404. The van der Waals surface area contributed by atoms with E-state index in [9.17, 15) is 4.79 Å². The first-order valence-corrected chi connectivity index (χ1v) is 6.07. The van der Waals surface area contributed by atoms with Crippen LogP contribution >= 0.6 is 0 Å². The molecule has 0 fully saturated rings. The van der Waals surface area contributed by atoms with E-state index in [1.807, 2.05) is 18.2 Å². The van der Waals surface area contributed by atoms with Gasteiger partial charge in [0.25, 0.3) is 0 Å². The fourth-order valence-corrected chi connectivity index (χ4v) is 1.96. The number of ketones is 1. The molecular weight excluding hydrogens is 230 g/mol. The summed E-state index contributed by atoms with van der Waals surface area (Å²) >= 11 is 0. The van der Waals surface area contributed by atoms with Crippen molar-refractivity contribution in [2.75, 3.05) is 38.8 Å². The highest BCUT2D eigenvalue weighted by molar-refractivity contribution is 6.02. The highest BCUT2D eigenvalue weighted by Gasteiger charge is 2.17. The van der Waals surface area contributed by atoms with E-state index in [4.69, 9.17) is 9.47 Å². The Morgan fingerprint density at radius 3 is 2.56 bits per heavy atom. The zero-order valence-corrected chi connectivity index (χ0v) is 11.5. The molecule has 1 aromatic rings. The number of likely N-dealkylation sites (N-methyl/N-ethyl adjacent to an activating group) is 1. The van der Waals surface area contributed by atoms with Gasteiger partial charge >= 0.3 is 0 Å². The molecule has 0 amide bonds. The molecule has 0 aliphatic heterocycles. The number of hydrogen-bond acceptors (Lipinski definition) is 4. The molecular formula is C14H21NO3. The Hall–Kier alpha value is -1.55. The average Bonchev–Trinajstić information content (AvgIpc) is 2.38. The molecule has 0 spiro atoms. The van der Waals surface area contributed by atoms with Gasteiger partial charge in [-0.15, -0.1) is 0 Å². The van der Waals surface area contributed by atoms with Gasteiger partial charge in [-0.1, -0.05) is 6.07 Å². The van der Waals surface area contributed by atoms with Crippen LogP contribution in [0.1, 0.15) is 24.2 Å². The van der Waals surface area contributed by atoms with Crippen molar-refractivity contribution in [2.24, 2.45) is 0 Å². The number of methoxy groups -OCH3 is 2. The summed E-state index contributed by atoms with van der Waals surface area (Å²) in [4.78, 5) is 13.9. The SMILES string of the molecule is CCN(CCOC)c1cccc(OC)c1C(C)=O. The second-order valence-corrected chi connectivity index (χ2v) is 3.98. The van der Waals surface area contributed by atoms with Crippen LogP contribution in [0.15, 0.2) is 18.2 Å². The Labute approximate surface area is 108 Å². The first-order chi connectivity index (χ1) is 8.65. The smallest absolute Gasteiger partial charge is 0.165 e. The van der Waals surface area contributed by atoms with Crippen LogP contribution in [0.25, 0.3) is 0 Å². The molecule has 4 nitrogen and oxygen atoms in total. The Morgan fingerprint density at radius 1 is 1.33 bits per heavy atom. The number of carbonyl (C=O) groups is 1. The normalized spacial score (nSPS) is 10.2. The summed E-state index contributed by atoms with van der Waals surface area (Å²) in [6.07, 6.45) is 0. The Morgan fingerprint density at radius 2 is 2.06 bits per heavy atom. The first-order valence-electron chi connectivity index (χ1n) is 6.07.